The Bertz CT molecular complexity index is 1090. The van der Waals surface area contributed by atoms with Gasteiger partial charge in [0.2, 0.25) is 0 Å². The van der Waals surface area contributed by atoms with Gasteiger partial charge in [-0.05, 0) is 42.0 Å². The summed E-state index contributed by atoms with van der Waals surface area (Å²) in [6.45, 7) is 0.457. The molecule has 0 saturated carbocycles. The molecule has 0 aromatic heterocycles. The number of nitrogens with zero attached hydrogens (tertiary/aromatic N) is 1. The zero-order valence-electron chi connectivity index (χ0n) is 16.3. The van der Waals surface area contributed by atoms with Gasteiger partial charge in [0, 0.05) is 5.56 Å². The number of thioether (sulfide) groups is 1. The lowest BCUT2D eigenvalue weighted by molar-refractivity contribution is -0.113. The van der Waals surface area contributed by atoms with Gasteiger partial charge in [0.25, 0.3) is 5.91 Å². The summed E-state index contributed by atoms with van der Waals surface area (Å²) in [4.78, 5) is 15.1. The van der Waals surface area contributed by atoms with E-state index in [1.165, 1.54) is 11.8 Å². The molecule has 4 nitrogen and oxygen atoms in total. The van der Waals surface area contributed by atoms with Crippen molar-refractivity contribution >= 4 is 46.0 Å². The normalized spacial score (nSPS) is 15.0. The van der Waals surface area contributed by atoms with Crippen LogP contribution < -0.4 is 14.4 Å². The highest BCUT2D eigenvalue weighted by Gasteiger charge is 2.33. The largest absolute Gasteiger partial charge is 0.497 e. The van der Waals surface area contributed by atoms with Crippen LogP contribution in [-0.2, 0) is 11.4 Å². The molecule has 0 aliphatic carbocycles. The third-order valence-corrected chi connectivity index (χ3v) is 5.87. The standard InChI is InChI=1S/C24H19NO3S2/c1-27-20-13-11-19(12-14-20)25-23(26)22(30-24(25)29)15-18-9-5-6-10-21(18)28-16-17-7-3-2-4-8-17/h2-15H,16H2,1H3. The first-order valence-corrected chi connectivity index (χ1v) is 10.6. The second kappa shape index (κ2) is 9.15. The van der Waals surface area contributed by atoms with E-state index in [0.717, 1.165) is 28.3 Å². The third-order valence-electron chi connectivity index (χ3n) is 4.57. The van der Waals surface area contributed by atoms with Gasteiger partial charge in [-0.2, -0.15) is 0 Å². The predicted molar refractivity (Wildman–Crippen MR) is 126 cm³/mol. The van der Waals surface area contributed by atoms with Crippen LogP contribution in [0.15, 0.2) is 83.8 Å². The third kappa shape index (κ3) is 4.40. The molecule has 6 heteroatoms. The van der Waals surface area contributed by atoms with Crippen molar-refractivity contribution in [3.63, 3.8) is 0 Å². The van der Waals surface area contributed by atoms with Gasteiger partial charge in [0.1, 0.15) is 18.1 Å². The molecule has 1 saturated heterocycles. The van der Waals surface area contributed by atoms with E-state index in [9.17, 15) is 4.79 Å². The highest BCUT2D eigenvalue weighted by molar-refractivity contribution is 8.27. The van der Waals surface area contributed by atoms with Crippen molar-refractivity contribution in [3.8, 4) is 11.5 Å². The summed E-state index contributed by atoms with van der Waals surface area (Å²) < 4.78 is 11.7. The van der Waals surface area contributed by atoms with Crippen molar-refractivity contribution in [2.75, 3.05) is 12.0 Å². The number of carbonyl (C=O) groups is 1. The zero-order chi connectivity index (χ0) is 20.9. The van der Waals surface area contributed by atoms with Crippen LogP contribution in [0.1, 0.15) is 11.1 Å². The number of rotatable bonds is 6. The van der Waals surface area contributed by atoms with E-state index in [-0.39, 0.29) is 5.91 Å². The molecule has 1 amide bonds. The number of amides is 1. The quantitative estimate of drug-likeness (QED) is 0.369. The number of para-hydroxylation sites is 1. The van der Waals surface area contributed by atoms with E-state index < -0.39 is 0 Å². The van der Waals surface area contributed by atoms with E-state index in [4.69, 9.17) is 21.7 Å². The second-order valence-corrected chi connectivity index (χ2v) is 8.20. The first kappa shape index (κ1) is 20.2. The van der Waals surface area contributed by atoms with Crippen LogP contribution >= 0.6 is 24.0 Å². The van der Waals surface area contributed by atoms with Gasteiger partial charge < -0.3 is 9.47 Å². The molecule has 4 rings (SSSR count). The van der Waals surface area contributed by atoms with E-state index in [0.29, 0.717) is 15.8 Å². The van der Waals surface area contributed by atoms with E-state index in [2.05, 4.69) is 0 Å². The predicted octanol–water partition coefficient (Wildman–Crippen LogP) is 5.68. The van der Waals surface area contributed by atoms with Gasteiger partial charge in [-0.15, -0.1) is 0 Å². The van der Waals surface area contributed by atoms with Crippen LogP contribution in [0.25, 0.3) is 6.08 Å². The summed E-state index contributed by atoms with van der Waals surface area (Å²) in [6, 6.07) is 24.9. The monoisotopic (exact) mass is 433 g/mol. The van der Waals surface area contributed by atoms with Gasteiger partial charge in [-0.3, -0.25) is 9.69 Å². The fourth-order valence-electron chi connectivity index (χ4n) is 3.03. The average molecular weight is 434 g/mol. The number of benzene rings is 3. The lowest BCUT2D eigenvalue weighted by atomic mass is 10.1. The first-order valence-electron chi connectivity index (χ1n) is 9.33. The first-order chi connectivity index (χ1) is 14.7. The molecule has 0 bridgehead atoms. The molecule has 3 aromatic rings. The average Bonchev–Trinajstić information content (AvgIpc) is 3.06. The van der Waals surface area contributed by atoms with Gasteiger partial charge >= 0.3 is 0 Å². The molecule has 0 N–H and O–H groups in total. The van der Waals surface area contributed by atoms with Crippen LogP contribution in [0.5, 0.6) is 11.5 Å². The Hall–Kier alpha value is -3.09. The number of hydrogen-bond donors (Lipinski definition) is 0. The maximum atomic E-state index is 13.0. The van der Waals surface area contributed by atoms with E-state index in [1.807, 2.05) is 84.9 Å². The fraction of sp³-hybridized carbons (Fsp3) is 0.0833. The topological polar surface area (TPSA) is 38.8 Å². The number of hydrogen-bond acceptors (Lipinski definition) is 5. The number of methoxy groups -OCH3 is 1. The van der Waals surface area contributed by atoms with Crippen LogP contribution in [0, 0.1) is 0 Å². The van der Waals surface area contributed by atoms with Crippen molar-refractivity contribution in [3.05, 3.63) is 94.9 Å². The van der Waals surface area contributed by atoms with Gasteiger partial charge in [-0.25, -0.2) is 0 Å². The summed E-state index contributed by atoms with van der Waals surface area (Å²) in [6.07, 6.45) is 1.84. The molecule has 0 spiro atoms. The Kier molecular flexibility index (Phi) is 6.16. The van der Waals surface area contributed by atoms with Crippen LogP contribution in [0.3, 0.4) is 0 Å². The van der Waals surface area contributed by atoms with Gasteiger partial charge in [0.05, 0.1) is 17.7 Å². The maximum Gasteiger partial charge on any atom is 0.270 e. The zero-order valence-corrected chi connectivity index (χ0v) is 17.9. The summed E-state index contributed by atoms with van der Waals surface area (Å²) in [7, 11) is 1.61. The lowest BCUT2D eigenvalue weighted by Crippen LogP contribution is -2.27. The molecule has 0 atom stereocenters. The summed E-state index contributed by atoms with van der Waals surface area (Å²) in [5, 5.41) is 0. The Morgan fingerprint density at radius 1 is 0.967 bits per heavy atom. The van der Waals surface area contributed by atoms with Crippen LogP contribution in [0.4, 0.5) is 5.69 Å². The molecule has 1 aliphatic heterocycles. The molecule has 150 valence electrons. The smallest absolute Gasteiger partial charge is 0.270 e. The highest BCUT2D eigenvalue weighted by Crippen LogP contribution is 2.37. The molecule has 3 aromatic carbocycles. The molecule has 1 aliphatic rings. The van der Waals surface area contributed by atoms with Crippen molar-refractivity contribution in [2.45, 2.75) is 6.61 Å². The SMILES string of the molecule is COc1ccc(N2C(=O)C(=Cc3ccccc3OCc3ccccc3)SC2=S)cc1. The number of ether oxygens (including phenoxy) is 2. The number of anilines is 1. The van der Waals surface area contributed by atoms with Crippen molar-refractivity contribution in [2.24, 2.45) is 0 Å². The molecule has 0 radical (unpaired) electrons. The van der Waals surface area contributed by atoms with E-state index in [1.54, 1.807) is 12.0 Å². The number of carbonyl (C=O) groups excluding carboxylic acids is 1. The Balaban J connectivity index is 1.56. The second-order valence-electron chi connectivity index (χ2n) is 6.53. The molecule has 30 heavy (non-hydrogen) atoms. The Morgan fingerprint density at radius 2 is 1.67 bits per heavy atom. The molecule has 1 fully saturated rings. The van der Waals surface area contributed by atoms with Crippen molar-refractivity contribution < 1.29 is 14.3 Å². The fourth-order valence-corrected chi connectivity index (χ4v) is 4.32. The van der Waals surface area contributed by atoms with Crippen molar-refractivity contribution in [1.82, 2.24) is 0 Å². The minimum atomic E-state index is -0.145. The maximum absolute atomic E-state index is 13.0. The lowest BCUT2D eigenvalue weighted by Gasteiger charge is -2.14. The molecule has 1 heterocycles. The van der Waals surface area contributed by atoms with Gasteiger partial charge in [-0.1, -0.05) is 72.5 Å². The van der Waals surface area contributed by atoms with Gasteiger partial charge in [0.15, 0.2) is 4.32 Å². The molecule has 0 unspecified atom stereocenters. The minimum absolute atomic E-state index is 0.145. The highest BCUT2D eigenvalue weighted by atomic mass is 32.2. The van der Waals surface area contributed by atoms with Crippen molar-refractivity contribution in [1.29, 1.82) is 0 Å². The minimum Gasteiger partial charge on any atom is -0.497 e. The number of thiocarbonyl (C=S) groups is 1. The Labute approximate surface area is 185 Å². The van der Waals surface area contributed by atoms with Crippen LogP contribution in [-0.4, -0.2) is 17.3 Å². The summed E-state index contributed by atoms with van der Waals surface area (Å²) in [5.41, 5.74) is 2.64. The summed E-state index contributed by atoms with van der Waals surface area (Å²) >= 11 is 6.75. The summed E-state index contributed by atoms with van der Waals surface area (Å²) in [5.74, 6) is 1.30. The Morgan fingerprint density at radius 3 is 2.40 bits per heavy atom. The van der Waals surface area contributed by atoms with E-state index >= 15 is 0 Å². The molecular formula is C24H19NO3S2. The molecular weight excluding hydrogens is 414 g/mol. The van der Waals surface area contributed by atoms with Crippen LogP contribution in [0.2, 0.25) is 0 Å².